The first-order valence-electron chi connectivity index (χ1n) is 6.04. The number of fused-ring (bicyclic) bond motifs is 1. The van der Waals surface area contributed by atoms with Crippen LogP contribution in [0.4, 0.5) is 0 Å². The van der Waals surface area contributed by atoms with Gasteiger partial charge >= 0.3 is 0 Å². The third-order valence-electron chi connectivity index (χ3n) is 3.59. The quantitative estimate of drug-likeness (QED) is 0.788. The van der Waals surface area contributed by atoms with Crippen LogP contribution in [0.15, 0.2) is 29.6 Å². The van der Waals surface area contributed by atoms with E-state index in [-0.39, 0.29) is 0 Å². The van der Waals surface area contributed by atoms with E-state index in [0.717, 1.165) is 12.5 Å². The topological polar surface area (TPSA) is 12.0 Å². The van der Waals surface area contributed by atoms with Crippen molar-refractivity contribution < 1.29 is 0 Å². The fourth-order valence-electron chi connectivity index (χ4n) is 2.79. The second-order valence-electron chi connectivity index (χ2n) is 4.76. The monoisotopic (exact) mass is 231 g/mol. The van der Waals surface area contributed by atoms with E-state index < -0.39 is 0 Å². The van der Waals surface area contributed by atoms with Crippen LogP contribution in [-0.4, -0.2) is 12.6 Å². The summed E-state index contributed by atoms with van der Waals surface area (Å²) in [5.41, 5.74) is 1.56. The van der Waals surface area contributed by atoms with Gasteiger partial charge in [-0.15, -0.1) is 11.3 Å². The highest BCUT2D eigenvalue weighted by molar-refractivity contribution is 7.17. The molecule has 0 spiro atoms. The molecule has 0 bridgehead atoms. The van der Waals surface area contributed by atoms with E-state index in [4.69, 9.17) is 0 Å². The summed E-state index contributed by atoms with van der Waals surface area (Å²) >= 11 is 1.85. The number of thiophene rings is 1. The Hall–Kier alpha value is -0.860. The Morgan fingerprint density at radius 3 is 3.12 bits per heavy atom. The fraction of sp³-hybridized carbons (Fsp3) is 0.429. The van der Waals surface area contributed by atoms with E-state index in [1.165, 1.54) is 22.9 Å². The van der Waals surface area contributed by atoms with Crippen LogP contribution >= 0.6 is 11.3 Å². The molecule has 1 aliphatic heterocycles. The standard InChI is InChI=1S/C14H17NS/c1-10-9-11(5-7-15-10)12-3-2-4-14-13(12)6-8-16-14/h2-4,6,8,10-11,15H,5,7,9H2,1H3/t10-,11+/m1/s1. The highest BCUT2D eigenvalue weighted by Gasteiger charge is 2.21. The Kier molecular flexibility index (Phi) is 2.70. The number of nitrogens with one attached hydrogen (secondary N) is 1. The molecule has 0 saturated carbocycles. The first-order valence-corrected chi connectivity index (χ1v) is 6.92. The minimum Gasteiger partial charge on any atom is -0.314 e. The zero-order valence-corrected chi connectivity index (χ0v) is 10.4. The zero-order valence-electron chi connectivity index (χ0n) is 9.57. The van der Waals surface area contributed by atoms with Gasteiger partial charge in [0.1, 0.15) is 0 Å². The maximum absolute atomic E-state index is 3.53. The predicted molar refractivity (Wildman–Crippen MR) is 71.3 cm³/mol. The molecule has 2 heterocycles. The number of benzene rings is 1. The smallest absolute Gasteiger partial charge is 0.0345 e. The second-order valence-corrected chi connectivity index (χ2v) is 5.70. The minimum absolute atomic E-state index is 0.660. The Morgan fingerprint density at radius 1 is 1.31 bits per heavy atom. The van der Waals surface area contributed by atoms with Crippen molar-refractivity contribution in [1.82, 2.24) is 5.32 Å². The highest BCUT2D eigenvalue weighted by atomic mass is 32.1. The van der Waals surface area contributed by atoms with Gasteiger partial charge in [0, 0.05) is 10.7 Å². The third-order valence-corrected chi connectivity index (χ3v) is 4.48. The SMILES string of the molecule is C[C@@H]1C[C@@H](c2cccc3sccc23)CCN1. The van der Waals surface area contributed by atoms with Gasteiger partial charge in [0.2, 0.25) is 0 Å². The van der Waals surface area contributed by atoms with Crippen molar-refractivity contribution in [3.63, 3.8) is 0 Å². The molecule has 1 aliphatic rings. The molecule has 1 aromatic heterocycles. The van der Waals surface area contributed by atoms with Crippen molar-refractivity contribution in [2.45, 2.75) is 31.7 Å². The largest absolute Gasteiger partial charge is 0.314 e. The molecule has 1 aromatic carbocycles. The van der Waals surface area contributed by atoms with Crippen LogP contribution in [-0.2, 0) is 0 Å². The molecule has 1 nitrogen and oxygen atoms in total. The molecule has 84 valence electrons. The first-order chi connectivity index (χ1) is 7.84. The first kappa shape index (κ1) is 10.3. The van der Waals surface area contributed by atoms with E-state index in [0.29, 0.717) is 6.04 Å². The third kappa shape index (κ3) is 1.76. The predicted octanol–water partition coefficient (Wildman–Crippen LogP) is 3.76. The lowest BCUT2D eigenvalue weighted by molar-refractivity contribution is 0.382. The van der Waals surface area contributed by atoms with Gasteiger partial charge in [0.25, 0.3) is 0 Å². The van der Waals surface area contributed by atoms with Gasteiger partial charge in [-0.05, 0) is 60.7 Å². The van der Waals surface area contributed by atoms with Gasteiger partial charge < -0.3 is 5.32 Å². The Morgan fingerprint density at radius 2 is 2.25 bits per heavy atom. The van der Waals surface area contributed by atoms with Crippen LogP contribution in [0.2, 0.25) is 0 Å². The lowest BCUT2D eigenvalue weighted by Crippen LogP contribution is -2.34. The van der Waals surface area contributed by atoms with Gasteiger partial charge in [-0.1, -0.05) is 12.1 Å². The van der Waals surface area contributed by atoms with E-state index in [9.17, 15) is 0 Å². The minimum atomic E-state index is 0.660. The summed E-state index contributed by atoms with van der Waals surface area (Å²) in [4.78, 5) is 0. The zero-order chi connectivity index (χ0) is 11.0. The molecule has 1 fully saturated rings. The summed E-state index contributed by atoms with van der Waals surface area (Å²) in [5, 5.41) is 7.21. The molecule has 1 saturated heterocycles. The normalized spacial score (nSPS) is 26.1. The van der Waals surface area contributed by atoms with Gasteiger partial charge in [-0.2, -0.15) is 0 Å². The summed E-state index contributed by atoms with van der Waals surface area (Å²) in [7, 11) is 0. The maximum atomic E-state index is 3.53. The van der Waals surface area contributed by atoms with Crippen LogP contribution in [0.1, 0.15) is 31.2 Å². The molecular formula is C14H17NS. The molecule has 16 heavy (non-hydrogen) atoms. The number of piperidine rings is 1. The Bertz CT molecular complexity index is 488. The molecule has 0 unspecified atom stereocenters. The van der Waals surface area contributed by atoms with Gasteiger partial charge in [0.05, 0.1) is 0 Å². The molecule has 0 radical (unpaired) electrons. The van der Waals surface area contributed by atoms with E-state index in [1.54, 1.807) is 5.56 Å². The number of hydrogen-bond acceptors (Lipinski definition) is 2. The molecule has 2 heteroatoms. The molecule has 2 atom stereocenters. The average Bonchev–Trinajstić information content (AvgIpc) is 2.76. The van der Waals surface area contributed by atoms with Crippen LogP contribution in [0.3, 0.4) is 0 Å². The van der Waals surface area contributed by atoms with Crippen molar-refractivity contribution >= 4 is 21.4 Å². The lowest BCUT2D eigenvalue weighted by Gasteiger charge is -2.28. The van der Waals surface area contributed by atoms with E-state index >= 15 is 0 Å². The van der Waals surface area contributed by atoms with Crippen molar-refractivity contribution in [2.24, 2.45) is 0 Å². The van der Waals surface area contributed by atoms with Crippen LogP contribution in [0, 0.1) is 0 Å². The molecule has 3 rings (SSSR count). The molecule has 0 aliphatic carbocycles. The van der Waals surface area contributed by atoms with Gasteiger partial charge in [0.15, 0.2) is 0 Å². The summed E-state index contributed by atoms with van der Waals surface area (Å²) in [6.45, 7) is 3.45. The van der Waals surface area contributed by atoms with Crippen molar-refractivity contribution in [1.29, 1.82) is 0 Å². The average molecular weight is 231 g/mol. The lowest BCUT2D eigenvalue weighted by atomic mass is 9.85. The Labute approximate surface area is 100 Å². The molecule has 1 N–H and O–H groups in total. The van der Waals surface area contributed by atoms with E-state index in [2.05, 4.69) is 41.9 Å². The van der Waals surface area contributed by atoms with Crippen molar-refractivity contribution in [3.8, 4) is 0 Å². The fourth-order valence-corrected chi connectivity index (χ4v) is 3.61. The molecular weight excluding hydrogens is 214 g/mol. The van der Waals surface area contributed by atoms with Crippen LogP contribution in [0.25, 0.3) is 10.1 Å². The molecule has 0 amide bonds. The van der Waals surface area contributed by atoms with Crippen molar-refractivity contribution in [3.05, 3.63) is 35.2 Å². The van der Waals surface area contributed by atoms with Crippen molar-refractivity contribution in [2.75, 3.05) is 6.54 Å². The Balaban J connectivity index is 2.01. The maximum Gasteiger partial charge on any atom is 0.0345 e. The number of hydrogen-bond donors (Lipinski definition) is 1. The molecule has 2 aromatic rings. The van der Waals surface area contributed by atoms with Gasteiger partial charge in [-0.25, -0.2) is 0 Å². The summed E-state index contributed by atoms with van der Waals surface area (Å²) in [6, 6.07) is 9.70. The summed E-state index contributed by atoms with van der Waals surface area (Å²) < 4.78 is 1.43. The summed E-state index contributed by atoms with van der Waals surface area (Å²) in [5.74, 6) is 0.745. The van der Waals surface area contributed by atoms with E-state index in [1.807, 2.05) is 11.3 Å². The van der Waals surface area contributed by atoms with Crippen LogP contribution in [0.5, 0.6) is 0 Å². The number of rotatable bonds is 1. The second kappa shape index (κ2) is 4.19. The summed E-state index contributed by atoms with van der Waals surface area (Å²) in [6.07, 6.45) is 2.55. The highest BCUT2D eigenvalue weighted by Crippen LogP contribution is 2.34. The van der Waals surface area contributed by atoms with Gasteiger partial charge in [-0.3, -0.25) is 0 Å². The van der Waals surface area contributed by atoms with Crippen LogP contribution < -0.4 is 5.32 Å².